The van der Waals surface area contributed by atoms with Gasteiger partial charge in [-0.1, -0.05) is 204 Å². The molecule has 8 heteroatoms. The summed E-state index contributed by atoms with van der Waals surface area (Å²) < 4.78 is 1.30. The minimum Gasteiger partial charge on any atom is -1.00 e. The molecule has 2 aromatic rings. The van der Waals surface area contributed by atoms with Gasteiger partial charge in [0.05, 0.1) is 3.79 Å². The van der Waals surface area contributed by atoms with Crippen LogP contribution >= 0.6 is 54.4 Å². The molecule has 2 aromatic heterocycles. The molecule has 4 aliphatic rings. The first-order valence-electron chi connectivity index (χ1n) is 25.1. The second-order valence-corrected chi connectivity index (χ2v) is 38.4. The smallest absolute Gasteiger partial charge is 1.00 e. The maximum absolute atomic E-state index is 3.61. The maximum atomic E-state index is 3.61. The summed E-state index contributed by atoms with van der Waals surface area (Å²) >= 11 is 7.60. The fourth-order valence-corrected chi connectivity index (χ4v) is 28.4. The summed E-state index contributed by atoms with van der Waals surface area (Å²) in [6.45, 7) is 61.3. The first kappa shape index (κ1) is 70.0. The molecule has 66 heavy (non-hydrogen) atoms. The van der Waals surface area contributed by atoms with Gasteiger partial charge in [0.1, 0.15) is 0 Å². The third kappa shape index (κ3) is 19.3. The molecule has 2 heterocycles. The molecule has 0 amide bonds. The van der Waals surface area contributed by atoms with Gasteiger partial charge in [0.15, 0.2) is 0 Å². The molecule has 2 fully saturated rings. The number of allylic oxidation sites excluding steroid dienone is 4. The van der Waals surface area contributed by atoms with E-state index in [2.05, 4.69) is 214 Å². The summed E-state index contributed by atoms with van der Waals surface area (Å²) in [6.07, 6.45) is 16.7. The number of fused-ring (bicyclic) bond motifs is 2. The van der Waals surface area contributed by atoms with E-state index in [-0.39, 0.29) is 71.7 Å². The van der Waals surface area contributed by atoms with Crippen LogP contribution in [0.4, 0.5) is 0 Å². The van der Waals surface area contributed by atoms with Crippen LogP contribution in [-0.4, -0.2) is 54.0 Å². The second kappa shape index (κ2) is 28.0. The van der Waals surface area contributed by atoms with Crippen molar-refractivity contribution in [1.82, 2.24) is 0 Å². The van der Waals surface area contributed by atoms with E-state index in [9.17, 15) is 0 Å². The Kier molecular flexibility index (Phi) is 29.7. The van der Waals surface area contributed by atoms with Crippen molar-refractivity contribution in [1.29, 1.82) is 0 Å². The van der Waals surface area contributed by atoms with Gasteiger partial charge >= 0.3 is 23.1 Å². The van der Waals surface area contributed by atoms with Crippen molar-refractivity contribution in [2.24, 2.45) is 0 Å². The van der Waals surface area contributed by atoms with E-state index >= 15 is 0 Å². The number of rotatable bonds is 1. The van der Waals surface area contributed by atoms with E-state index in [0.29, 0.717) is 42.8 Å². The Balaban J connectivity index is 0. The maximum Gasteiger partial charge on any atom is 2.00 e. The van der Waals surface area contributed by atoms with Crippen molar-refractivity contribution in [2.75, 3.05) is 0 Å². The largest absolute Gasteiger partial charge is 2.00 e. The Hall–Kier alpha value is 1.94. The first-order valence-corrected chi connectivity index (χ1v) is 30.2. The normalized spacial score (nSPS) is 19.1. The molecule has 0 nitrogen and oxygen atoms in total. The van der Waals surface area contributed by atoms with Crippen LogP contribution in [0.15, 0.2) is 14.9 Å². The zero-order valence-electron chi connectivity index (χ0n) is 47.9. The molecule has 0 N–H and O–H groups in total. The summed E-state index contributed by atoms with van der Waals surface area (Å²) in [6, 6.07) is 0. The van der Waals surface area contributed by atoms with Crippen LogP contribution in [0.2, 0.25) is 0 Å². The van der Waals surface area contributed by atoms with E-state index < -0.39 is 0 Å². The minimum absolute atomic E-state index is 0. The number of halogens is 2. The molecule has 0 radical (unpaired) electrons. The Morgan fingerprint density at radius 2 is 0.788 bits per heavy atom. The van der Waals surface area contributed by atoms with Crippen LogP contribution in [0, 0.1) is 20.3 Å². The van der Waals surface area contributed by atoms with Gasteiger partial charge in [0, 0.05) is 46.9 Å². The molecular formula is C58H102BrClMgP2PdS2. The molecule has 4 aliphatic carbocycles. The predicted octanol–water partition coefficient (Wildman–Crippen LogP) is 19.2. The van der Waals surface area contributed by atoms with Crippen LogP contribution in [0.5, 0.6) is 0 Å². The van der Waals surface area contributed by atoms with Gasteiger partial charge in [-0.3, -0.25) is 0 Å². The van der Waals surface area contributed by atoms with Gasteiger partial charge in [-0.2, -0.15) is 12.8 Å². The van der Waals surface area contributed by atoms with Crippen LogP contribution in [0.3, 0.4) is 0 Å². The number of hydrogen-bond acceptors (Lipinski definition) is 2. The standard InChI is InChI=1S/C17H24S.2C12H27P.C11H13BrS.C6H11.ClH.Mg.Pd/c1-10-11(2)15-13(4)16(18-17(15)12(10)3)14-8-6-5-7-9-14;2*1-10(2,3)13(11(4,5)6)12(7,8)9;1-5-6(2)9-8(4)11(12)13-10(9)7(5)3;1-2-4-6-5-3-1;;;/h11,14H,5-9H2,1-4H3;2*1-9H3;6H,1-4H3;1H,2-6H2;1H;;/q;;;;-1;;+2;/p-1. The van der Waals surface area contributed by atoms with Gasteiger partial charge < -0.3 is 18.8 Å². The summed E-state index contributed by atoms with van der Waals surface area (Å²) in [4.78, 5) is 4.82. The van der Waals surface area contributed by atoms with Crippen molar-refractivity contribution in [3.63, 3.8) is 0 Å². The molecule has 0 spiro atoms. The van der Waals surface area contributed by atoms with Crippen LogP contribution < -0.4 is 12.4 Å². The summed E-state index contributed by atoms with van der Waals surface area (Å²) in [5.74, 6) is 2.15. The van der Waals surface area contributed by atoms with E-state index in [4.69, 9.17) is 0 Å². The molecule has 0 aromatic carbocycles. The quantitative estimate of drug-likeness (QED) is 0.152. The van der Waals surface area contributed by atoms with Crippen LogP contribution in [-0.2, 0) is 20.4 Å². The average Bonchev–Trinajstić information content (AvgIpc) is 3.75. The van der Waals surface area contributed by atoms with E-state index in [1.165, 1.54) is 89.6 Å². The Labute approximate surface area is 468 Å². The molecule has 0 bridgehead atoms. The van der Waals surface area contributed by atoms with Gasteiger partial charge in [-0.25, -0.2) is 0 Å². The monoisotopic (exact) mass is 1170 g/mol. The van der Waals surface area contributed by atoms with Crippen molar-refractivity contribution in [2.45, 2.75) is 293 Å². The summed E-state index contributed by atoms with van der Waals surface area (Å²) in [7, 11) is 0.0324. The van der Waals surface area contributed by atoms with E-state index in [1.807, 2.05) is 11.3 Å². The summed E-state index contributed by atoms with van der Waals surface area (Å²) in [5, 5.41) is 2.70. The van der Waals surface area contributed by atoms with Crippen molar-refractivity contribution in [3.05, 3.63) is 58.2 Å². The minimum atomic E-state index is 0. The van der Waals surface area contributed by atoms with E-state index in [1.54, 1.807) is 37.6 Å². The Bertz CT molecular complexity index is 1710. The van der Waals surface area contributed by atoms with Crippen LogP contribution in [0.1, 0.15) is 285 Å². The molecular weight excluding hydrogens is 1070 g/mol. The molecule has 2 atom stereocenters. The van der Waals surface area contributed by atoms with Gasteiger partial charge in [-0.15, -0.1) is 22.7 Å². The number of thiophene rings is 2. The van der Waals surface area contributed by atoms with Crippen molar-refractivity contribution >= 4 is 88.6 Å². The number of hydrogen-bond donors (Lipinski definition) is 0. The molecule has 382 valence electrons. The van der Waals surface area contributed by atoms with Crippen molar-refractivity contribution < 1.29 is 32.8 Å². The zero-order valence-corrected chi connectivity index (χ0v) is 56.6. The Morgan fingerprint density at radius 3 is 1.03 bits per heavy atom. The molecule has 0 saturated heterocycles. The fraction of sp³-hybridized carbons (Fsp3) is 0.776. The molecule has 0 aliphatic heterocycles. The van der Waals surface area contributed by atoms with Gasteiger partial charge in [0.25, 0.3) is 0 Å². The zero-order chi connectivity index (χ0) is 49.0. The average molecular weight is 1170 g/mol. The van der Waals surface area contributed by atoms with Gasteiger partial charge in [0.2, 0.25) is 0 Å². The topological polar surface area (TPSA) is 0 Å². The molecule has 2 saturated carbocycles. The SMILES string of the molecule is CC(C)(C)P(C(C)(C)C)C(C)(C)C.CC(C)(C)P(C(C)(C)C)C(C)(C)C.CC1=C(C)C(C)c2c1sc(Br)c2C.CC1=C(C)C(C)c2c1sc(C1CCCCC1)c2C.[CH-]1CCCCC1.[Cl-].[Mg+2].[Pd]. The van der Waals surface area contributed by atoms with Gasteiger partial charge in [-0.05, 0) is 141 Å². The van der Waals surface area contributed by atoms with E-state index in [0.717, 1.165) is 5.92 Å². The third-order valence-corrected chi connectivity index (χ3v) is 25.6. The van der Waals surface area contributed by atoms with Crippen LogP contribution in [0.25, 0.3) is 11.1 Å². The van der Waals surface area contributed by atoms with Crippen molar-refractivity contribution in [3.8, 4) is 0 Å². The third-order valence-electron chi connectivity index (χ3n) is 13.7. The molecule has 2 unspecified atom stereocenters. The second-order valence-electron chi connectivity index (χ2n) is 25.6. The fourth-order valence-electron chi connectivity index (χ4n) is 12.8. The molecule has 6 rings (SSSR count). The Morgan fingerprint density at radius 1 is 0.485 bits per heavy atom. The first-order chi connectivity index (χ1) is 28.4. The predicted molar refractivity (Wildman–Crippen MR) is 311 cm³/mol. The summed E-state index contributed by atoms with van der Waals surface area (Å²) in [5.41, 5.74) is 12.5.